The lowest BCUT2D eigenvalue weighted by Crippen LogP contribution is -2.12. The molecule has 0 unspecified atom stereocenters. The summed E-state index contributed by atoms with van der Waals surface area (Å²) < 4.78 is 13.5. The Bertz CT molecular complexity index is 1190. The molecule has 4 aromatic rings. The van der Waals surface area contributed by atoms with Gasteiger partial charge in [-0.25, -0.2) is 0 Å². The van der Waals surface area contributed by atoms with Crippen LogP contribution >= 0.6 is 47.8 Å². The standard InChI is InChI=1S/C12H12BrNO2.C8H6BrN.C4H7BrO2/c1-2-16-12(15)8-14-7-6-9-10(13)4-3-5-11(9)14;9-7-2-1-3-8-6(7)4-5-10-8;1-2-7-4(6)3-5/h3-7H,2,8H2,1H3;1-5,10H;2-3H2,1H3. The van der Waals surface area contributed by atoms with E-state index in [1.54, 1.807) is 6.92 Å². The van der Waals surface area contributed by atoms with Gasteiger partial charge in [-0.05, 0) is 50.2 Å². The van der Waals surface area contributed by atoms with Crippen LogP contribution in [0.25, 0.3) is 21.8 Å². The number of hydrogen-bond donors (Lipinski definition) is 1. The summed E-state index contributed by atoms with van der Waals surface area (Å²) in [5, 5.41) is 2.63. The summed E-state index contributed by atoms with van der Waals surface area (Å²) >= 11 is 9.87. The fourth-order valence-corrected chi connectivity index (χ4v) is 4.06. The van der Waals surface area contributed by atoms with E-state index >= 15 is 0 Å². The first kappa shape index (κ1) is 27.1. The number of nitrogens with zero attached hydrogens (tertiary/aromatic N) is 1. The van der Waals surface area contributed by atoms with Gasteiger partial charge in [0, 0.05) is 43.1 Å². The first-order chi connectivity index (χ1) is 15.9. The van der Waals surface area contributed by atoms with Gasteiger partial charge in [0.05, 0.1) is 13.2 Å². The van der Waals surface area contributed by atoms with E-state index in [1.807, 2.05) is 60.3 Å². The van der Waals surface area contributed by atoms with Crippen LogP contribution in [0.2, 0.25) is 0 Å². The summed E-state index contributed by atoms with van der Waals surface area (Å²) in [4.78, 5) is 24.7. The number of carbonyl (C=O) groups is 2. The van der Waals surface area contributed by atoms with Crippen molar-refractivity contribution in [1.82, 2.24) is 9.55 Å². The minimum absolute atomic E-state index is 0.206. The molecule has 0 amide bonds. The minimum atomic E-state index is -0.208. The number of hydrogen-bond acceptors (Lipinski definition) is 4. The third-order valence-corrected chi connectivity index (χ3v) is 6.16. The van der Waals surface area contributed by atoms with Gasteiger partial charge in [-0.2, -0.15) is 0 Å². The molecule has 0 aliphatic carbocycles. The fourth-order valence-electron chi connectivity index (χ4n) is 2.92. The molecule has 0 spiro atoms. The van der Waals surface area contributed by atoms with E-state index in [9.17, 15) is 9.59 Å². The van der Waals surface area contributed by atoms with Crippen molar-refractivity contribution in [3.05, 3.63) is 69.9 Å². The average Bonchev–Trinajstić information content (AvgIpc) is 3.44. The zero-order valence-corrected chi connectivity index (χ0v) is 23.1. The summed E-state index contributed by atoms with van der Waals surface area (Å²) in [7, 11) is 0. The van der Waals surface area contributed by atoms with E-state index in [-0.39, 0.29) is 18.5 Å². The van der Waals surface area contributed by atoms with Crippen LogP contribution in [-0.2, 0) is 25.6 Å². The monoisotopic (exact) mass is 642 g/mol. The van der Waals surface area contributed by atoms with E-state index < -0.39 is 0 Å². The number of fused-ring (bicyclic) bond motifs is 2. The van der Waals surface area contributed by atoms with Crippen molar-refractivity contribution in [3.8, 4) is 0 Å². The summed E-state index contributed by atoms with van der Waals surface area (Å²) in [5.74, 6) is -0.414. The molecule has 4 rings (SSSR count). The first-order valence-corrected chi connectivity index (χ1v) is 12.9. The van der Waals surface area contributed by atoms with Gasteiger partial charge in [-0.1, -0.05) is 59.9 Å². The van der Waals surface area contributed by atoms with Crippen molar-refractivity contribution in [3.63, 3.8) is 0 Å². The van der Waals surface area contributed by atoms with E-state index in [0.717, 1.165) is 19.8 Å². The highest BCUT2D eigenvalue weighted by atomic mass is 79.9. The van der Waals surface area contributed by atoms with Crippen LogP contribution in [0.4, 0.5) is 0 Å². The van der Waals surface area contributed by atoms with Crippen molar-refractivity contribution in [2.75, 3.05) is 18.5 Å². The van der Waals surface area contributed by atoms with Gasteiger partial charge in [0.15, 0.2) is 0 Å². The molecular weight excluding hydrogens is 620 g/mol. The number of esters is 2. The van der Waals surface area contributed by atoms with Crippen molar-refractivity contribution in [1.29, 1.82) is 0 Å². The third kappa shape index (κ3) is 8.32. The number of benzene rings is 2. The summed E-state index contributed by atoms with van der Waals surface area (Å²) in [6.07, 6.45) is 3.84. The largest absolute Gasteiger partial charge is 0.465 e. The fraction of sp³-hybridized carbons (Fsp3) is 0.250. The van der Waals surface area contributed by atoms with Gasteiger partial charge in [0.2, 0.25) is 0 Å². The van der Waals surface area contributed by atoms with Gasteiger partial charge in [-0.3, -0.25) is 9.59 Å². The third-order valence-electron chi connectivity index (χ3n) is 4.32. The molecule has 2 aromatic carbocycles. The maximum absolute atomic E-state index is 11.4. The normalized spacial score (nSPS) is 10.1. The van der Waals surface area contributed by atoms with Crippen LogP contribution in [0, 0.1) is 0 Å². The second-order valence-electron chi connectivity index (χ2n) is 6.54. The molecule has 0 fully saturated rings. The molecule has 0 atom stereocenters. The summed E-state index contributed by atoms with van der Waals surface area (Å²) in [6.45, 7) is 4.72. The van der Waals surface area contributed by atoms with Crippen LogP contribution in [0.15, 0.2) is 69.9 Å². The Morgan fingerprint density at radius 2 is 1.52 bits per heavy atom. The maximum atomic E-state index is 11.4. The Balaban J connectivity index is 0.000000194. The Morgan fingerprint density at radius 1 is 0.879 bits per heavy atom. The molecule has 2 aromatic heterocycles. The number of nitrogens with one attached hydrogen (secondary N) is 1. The quantitative estimate of drug-likeness (QED) is 0.191. The number of aromatic nitrogens is 2. The Morgan fingerprint density at radius 3 is 2.12 bits per heavy atom. The number of halogens is 3. The number of aromatic amines is 1. The van der Waals surface area contributed by atoms with Crippen molar-refractivity contribution in [2.45, 2.75) is 20.4 Å². The molecular formula is C24H25Br3N2O4. The summed E-state index contributed by atoms with van der Waals surface area (Å²) in [5.41, 5.74) is 2.21. The predicted octanol–water partition coefficient (Wildman–Crippen LogP) is 6.84. The number of carbonyl (C=O) groups excluding carboxylic acids is 2. The molecule has 0 saturated carbocycles. The molecule has 0 bridgehead atoms. The maximum Gasteiger partial charge on any atom is 0.325 e. The molecule has 0 saturated heterocycles. The second-order valence-corrected chi connectivity index (χ2v) is 8.81. The molecule has 33 heavy (non-hydrogen) atoms. The zero-order valence-electron chi connectivity index (χ0n) is 18.3. The lowest BCUT2D eigenvalue weighted by atomic mass is 10.2. The highest BCUT2D eigenvalue weighted by molar-refractivity contribution is 9.11. The van der Waals surface area contributed by atoms with E-state index in [1.165, 1.54) is 10.9 Å². The SMILES string of the molecule is Brc1cccc2[nH]ccc12.CCOC(=O)CBr.CCOC(=O)Cn1ccc2c(Br)cccc21. The number of H-pyrrole nitrogens is 1. The number of rotatable bonds is 5. The highest BCUT2D eigenvalue weighted by Gasteiger charge is 2.07. The number of alkyl halides is 1. The van der Waals surface area contributed by atoms with Crippen molar-refractivity contribution >= 4 is 81.5 Å². The Hall–Kier alpha value is -2.10. The van der Waals surface area contributed by atoms with Crippen LogP contribution in [-0.4, -0.2) is 40.0 Å². The van der Waals surface area contributed by atoms with Gasteiger partial charge in [-0.15, -0.1) is 0 Å². The molecule has 2 heterocycles. The van der Waals surface area contributed by atoms with E-state index in [4.69, 9.17) is 4.74 Å². The molecule has 9 heteroatoms. The molecule has 0 aliphatic heterocycles. The molecule has 1 N–H and O–H groups in total. The second kappa shape index (κ2) is 14.2. The molecule has 0 radical (unpaired) electrons. The number of ether oxygens (including phenoxy) is 2. The Labute approximate surface area is 218 Å². The van der Waals surface area contributed by atoms with Gasteiger partial charge >= 0.3 is 11.9 Å². The van der Waals surface area contributed by atoms with Gasteiger partial charge in [0.25, 0.3) is 0 Å². The first-order valence-electron chi connectivity index (χ1n) is 10.2. The molecule has 0 aliphatic rings. The predicted molar refractivity (Wildman–Crippen MR) is 143 cm³/mol. The Kier molecular flexibility index (Phi) is 11.7. The van der Waals surface area contributed by atoms with Crippen molar-refractivity contribution < 1.29 is 19.1 Å². The van der Waals surface area contributed by atoms with Crippen LogP contribution < -0.4 is 0 Å². The van der Waals surface area contributed by atoms with Gasteiger partial charge < -0.3 is 19.0 Å². The van der Waals surface area contributed by atoms with Crippen LogP contribution in [0.3, 0.4) is 0 Å². The van der Waals surface area contributed by atoms with E-state index in [2.05, 4.69) is 69.6 Å². The highest BCUT2D eigenvalue weighted by Crippen LogP contribution is 2.24. The smallest absolute Gasteiger partial charge is 0.325 e. The van der Waals surface area contributed by atoms with Crippen LogP contribution in [0.5, 0.6) is 0 Å². The topological polar surface area (TPSA) is 73.3 Å². The van der Waals surface area contributed by atoms with Crippen LogP contribution in [0.1, 0.15) is 13.8 Å². The lowest BCUT2D eigenvalue weighted by molar-refractivity contribution is -0.143. The average molecular weight is 645 g/mol. The minimum Gasteiger partial charge on any atom is -0.465 e. The zero-order chi connectivity index (χ0) is 24.2. The van der Waals surface area contributed by atoms with Crippen molar-refractivity contribution in [2.24, 2.45) is 0 Å². The molecule has 176 valence electrons. The summed E-state index contributed by atoms with van der Waals surface area (Å²) in [6, 6.07) is 16.1. The van der Waals surface area contributed by atoms with Gasteiger partial charge in [0.1, 0.15) is 11.9 Å². The lowest BCUT2D eigenvalue weighted by Gasteiger charge is -2.05. The molecule has 6 nitrogen and oxygen atoms in total. The van der Waals surface area contributed by atoms with E-state index in [0.29, 0.717) is 18.5 Å².